The number of guanidine groups is 1. The van der Waals surface area contributed by atoms with Crippen molar-refractivity contribution in [2.24, 2.45) is 10.4 Å². The number of hydrogen-bond donors (Lipinski definition) is 2. The van der Waals surface area contributed by atoms with Crippen molar-refractivity contribution in [2.45, 2.75) is 58.7 Å². The highest BCUT2D eigenvalue weighted by molar-refractivity contribution is 5.80. The quantitative estimate of drug-likeness (QED) is 0.451. The van der Waals surface area contributed by atoms with Crippen LogP contribution in [0.15, 0.2) is 29.3 Å². The lowest BCUT2D eigenvalue weighted by Gasteiger charge is -2.55. The summed E-state index contributed by atoms with van der Waals surface area (Å²) in [6.45, 7) is 7.95. The monoisotopic (exact) mass is 418 g/mol. The van der Waals surface area contributed by atoms with Crippen LogP contribution in [0.5, 0.6) is 5.75 Å². The Morgan fingerprint density at radius 1 is 1.27 bits per heavy atom. The van der Waals surface area contributed by atoms with Crippen LogP contribution in [0.2, 0.25) is 0 Å². The molecule has 1 fully saturated rings. The molecule has 2 rings (SSSR count). The predicted molar refractivity (Wildman–Crippen MR) is 121 cm³/mol. The third-order valence-corrected chi connectivity index (χ3v) is 6.22. The summed E-state index contributed by atoms with van der Waals surface area (Å²) < 4.78 is 11.6. The standard InChI is InChI=1S/C23H38N4O3/c1-7-23(8-2)19(14-20(23)29-9-3)26-22(24-4)25-15-17-11-10-12-18(13-17)30-16-21(28)27(5)6/h10-13,19-20H,7-9,14-16H2,1-6H3,(H2,24,25,26). The molecule has 0 aromatic heterocycles. The fourth-order valence-corrected chi connectivity index (χ4v) is 4.15. The lowest BCUT2D eigenvalue weighted by atomic mass is 9.58. The molecule has 1 aliphatic carbocycles. The van der Waals surface area contributed by atoms with Crippen molar-refractivity contribution in [3.05, 3.63) is 29.8 Å². The summed E-state index contributed by atoms with van der Waals surface area (Å²) in [7, 11) is 5.23. The predicted octanol–water partition coefficient (Wildman–Crippen LogP) is 2.80. The lowest BCUT2D eigenvalue weighted by molar-refractivity contribution is -0.133. The van der Waals surface area contributed by atoms with E-state index >= 15 is 0 Å². The molecule has 168 valence electrons. The first-order chi connectivity index (χ1) is 14.4. The molecule has 7 nitrogen and oxygen atoms in total. The first kappa shape index (κ1) is 24.0. The summed E-state index contributed by atoms with van der Waals surface area (Å²) in [5.41, 5.74) is 1.21. The van der Waals surface area contributed by atoms with Crippen LogP contribution in [-0.2, 0) is 16.1 Å². The van der Waals surface area contributed by atoms with Gasteiger partial charge in [0.15, 0.2) is 12.6 Å². The molecule has 1 aromatic carbocycles. The van der Waals surface area contributed by atoms with Gasteiger partial charge in [-0.2, -0.15) is 0 Å². The Morgan fingerprint density at radius 3 is 2.60 bits per heavy atom. The van der Waals surface area contributed by atoms with Gasteiger partial charge in [-0.1, -0.05) is 26.0 Å². The summed E-state index contributed by atoms with van der Waals surface area (Å²) in [6.07, 6.45) is 3.47. The number of aliphatic imine (C=N–C) groups is 1. The first-order valence-corrected chi connectivity index (χ1v) is 10.9. The van der Waals surface area contributed by atoms with E-state index in [1.807, 2.05) is 24.3 Å². The second-order valence-electron chi connectivity index (χ2n) is 7.97. The molecule has 0 bridgehead atoms. The summed E-state index contributed by atoms with van der Waals surface area (Å²) in [5.74, 6) is 1.40. The largest absolute Gasteiger partial charge is 0.484 e. The number of ether oxygens (including phenoxy) is 2. The van der Waals surface area contributed by atoms with E-state index in [1.165, 1.54) is 4.90 Å². The molecule has 0 radical (unpaired) electrons. The number of carbonyl (C=O) groups excluding carboxylic acids is 1. The Hall–Kier alpha value is -2.28. The van der Waals surface area contributed by atoms with Crippen LogP contribution in [0.3, 0.4) is 0 Å². The van der Waals surface area contributed by atoms with Crippen molar-refractivity contribution in [3.63, 3.8) is 0 Å². The molecule has 1 aliphatic rings. The Morgan fingerprint density at radius 2 is 2.00 bits per heavy atom. The maximum atomic E-state index is 11.7. The fourth-order valence-electron chi connectivity index (χ4n) is 4.15. The van der Waals surface area contributed by atoms with Gasteiger partial charge in [0.25, 0.3) is 5.91 Å². The van der Waals surface area contributed by atoms with Crippen molar-refractivity contribution in [1.82, 2.24) is 15.5 Å². The number of benzene rings is 1. The highest BCUT2D eigenvalue weighted by Gasteiger charge is 2.53. The summed E-state index contributed by atoms with van der Waals surface area (Å²) in [5, 5.41) is 6.99. The molecular formula is C23H38N4O3. The van der Waals surface area contributed by atoms with Crippen molar-refractivity contribution in [2.75, 3.05) is 34.4 Å². The van der Waals surface area contributed by atoms with E-state index in [1.54, 1.807) is 21.1 Å². The van der Waals surface area contributed by atoms with E-state index in [4.69, 9.17) is 9.47 Å². The zero-order chi connectivity index (χ0) is 22.1. The minimum Gasteiger partial charge on any atom is -0.484 e. The highest BCUT2D eigenvalue weighted by Crippen LogP contribution is 2.48. The minimum atomic E-state index is -0.0654. The maximum Gasteiger partial charge on any atom is 0.259 e. The van der Waals surface area contributed by atoms with Gasteiger partial charge < -0.3 is 25.0 Å². The number of likely N-dealkylation sites (N-methyl/N-ethyl adjacent to an activating group) is 1. The third kappa shape index (κ3) is 5.65. The third-order valence-electron chi connectivity index (χ3n) is 6.22. The van der Waals surface area contributed by atoms with Gasteiger partial charge in [-0.3, -0.25) is 9.79 Å². The Balaban J connectivity index is 1.92. The topological polar surface area (TPSA) is 75.2 Å². The van der Waals surface area contributed by atoms with Gasteiger partial charge in [-0.25, -0.2) is 0 Å². The molecule has 7 heteroatoms. The molecule has 0 aliphatic heterocycles. The summed E-state index contributed by atoms with van der Waals surface area (Å²) >= 11 is 0. The van der Waals surface area contributed by atoms with Crippen LogP contribution in [-0.4, -0.2) is 63.3 Å². The molecule has 2 atom stereocenters. The molecule has 1 aromatic rings. The smallest absolute Gasteiger partial charge is 0.259 e. The van der Waals surface area contributed by atoms with E-state index < -0.39 is 0 Å². The van der Waals surface area contributed by atoms with Crippen molar-refractivity contribution >= 4 is 11.9 Å². The molecule has 1 saturated carbocycles. The normalized spacial score (nSPS) is 20.3. The van der Waals surface area contributed by atoms with E-state index in [9.17, 15) is 4.79 Å². The van der Waals surface area contributed by atoms with Gasteiger partial charge in [-0.15, -0.1) is 0 Å². The summed E-state index contributed by atoms with van der Waals surface area (Å²) in [6, 6.07) is 8.11. The SMILES string of the molecule is CCOC1CC(NC(=NC)NCc2cccc(OCC(=O)N(C)C)c2)C1(CC)CC. The van der Waals surface area contributed by atoms with Crippen molar-refractivity contribution in [1.29, 1.82) is 0 Å². The number of amides is 1. The molecule has 0 saturated heterocycles. The van der Waals surface area contributed by atoms with E-state index in [2.05, 4.69) is 36.4 Å². The molecule has 30 heavy (non-hydrogen) atoms. The highest BCUT2D eigenvalue weighted by atomic mass is 16.5. The average molecular weight is 419 g/mol. The first-order valence-electron chi connectivity index (χ1n) is 10.9. The van der Waals surface area contributed by atoms with Crippen molar-refractivity contribution < 1.29 is 14.3 Å². The fraction of sp³-hybridized carbons (Fsp3) is 0.652. The molecule has 0 spiro atoms. The maximum absolute atomic E-state index is 11.7. The number of nitrogens with zero attached hydrogens (tertiary/aromatic N) is 2. The molecule has 2 unspecified atom stereocenters. The number of carbonyl (C=O) groups is 1. The van der Waals surface area contributed by atoms with Gasteiger partial charge >= 0.3 is 0 Å². The molecule has 0 heterocycles. The van der Waals surface area contributed by atoms with Gasteiger partial charge in [0.2, 0.25) is 0 Å². The van der Waals surface area contributed by atoms with Crippen LogP contribution in [0.25, 0.3) is 0 Å². The van der Waals surface area contributed by atoms with Gasteiger partial charge in [0.05, 0.1) is 6.10 Å². The minimum absolute atomic E-state index is 0.0336. The summed E-state index contributed by atoms with van der Waals surface area (Å²) in [4.78, 5) is 17.6. The van der Waals surface area contributed by atoms with Gasteiger partial charge in [0, 0.05) is 45.8 Å². The Kier molecular flexibility index (Phi) is 8.96. The van der Waals surface area contributed by atoms with Crippen LogP contribution < -0.4 is 15.4 Å². The van der Waals surface area contributed by atoms with Gasteiger partial charge in [0.1, 0.15) is 5.75 Å². The molecule has 2 N–H and O–H groups in total. The van der Waals surface area contributed by atoms with Crippen molar-refractivity contribution in [3.8, 4) is 5.75 Å². The zero-order valence-corrected chi connectivity index (χ0v) is 19.3. The molecule has 1 amide bonds. The van der Waals surface area contributed by atoms with E-state index in [-0.39, 0.29) is 17.9 Å². The van der Waals surface area contributed by atoms with Crippen LogP contribution in [0.1, 0.15) is 45.6 Å². The van der Waals surface area contributed by atoms with Crippen LogP contribution in [0.4, 0.5) is 0 Å². The number of rotatable bonds is 10. The average Bonchev–Trinajstić information content (AvgIpc) is 2.74. The van der Waals surface area contributed by atoms with E-state index in [0.29, 0.717) is 24.4 Å². The van der Waals surface area contributed by atoms with Crippen LogP contribution >= 0.6 is 0 Å². The second kappa shape index (κ2) is 11.2. The van der Waals surface area contributed by atoms with E-state index in [0.717, 1.165) is 37.4 Å². The lowest BCUT2D eigenvalue weighted by Crippen LogP contribution is -2.65. The Labute approximate surface area is 181 Å². The van der Waals surface area contributed by atoms with Gasteiger partial charge in [-0.05, 0) is 43.9 Å². The second-order valence-corrected chi connectivity index (χ2v) is 7.97. The number of hydrogen-bond acceptors (Lipinski definition) is 4. The molecular weight excluding hydrogens is 380 g/mol. The zero-order valence-electron chi connectivity index (χ0n) is 19.3. The Bertz CT molecular complexity index is 716. The number of nitrogens with one attached hydrogen (secondary N) is 2. The van der Waals surface area contributed by atoms with Crippen LogP contribution in [0, 0.1) is 5.41 Å².